The number of carboxylic acid groups (broad SMARTS) is 6. The average Bonchev–Trinajstić information content (AvgIpc) is 3.65. The highest BCUT2D eigenvalue weighted by molar-refractivity contribution is 5.90. The highest BCUT2D eigenvalue weighted by Gasteiger charge is 2.27. The molecule has 0 radical (unpaired) electrons. The largest absolute Gasteiger partial charge is 0.497 e. The zero-order valence-corrected chi connectivity index (χ0v) is 42.2. The first-order valence-electron chi connectivity index (χ1n) is 23.2. The zero-order valence-electron chi connectivity index (χ0n) is 42.2. The molecule has 2 atom stereocenters. The Balaban J connectivity index is 0.000000355. The lowest BCUT2D eigenvalue weighted by atomic mass is 9.97. The number of likely N-dealkylation sites (N-methyl/N-ethyl adjacent to an activating group) is 2. The van der Waals surface area contributed by atoms with Crippen LogP contribution in [0.25, 0.3) is 0 Å². The topological polar surface area (TPSA) is 317 Å². The van der Waals surface area contributed by atoms with E-state index in [0.29, 0.717) is 49.7 Å². The molecule has 74 heavy (non-hydrogen) atoms. The number of fused-ring (bicyclic) bond motifs is 4. The number of ether oxygens (including phenoxy) is 4. The lowest BCUT2D eigenvalue weighted by Gasteiger charge is -2.23. The van der Waals surface area contributed by atoms with Gasteiger partial charge in [0.2, 0.25) is 0 Å². The minimum atomic E-state index is -1.26. The van der Waals surface area contributed by atoms with Crippen LogP contribution in [0.1, 0.15) is 73.4 Å². The number of nitrogens with one attached hydrogen (secondary N) is 2. The second-order valence-electron chi connectivity index (χ2n) is 15.3. The molecule has 0 saturated carbocycles. The molecule has 0 amide bonds. The van der Waals surface area contributed by atoms with Crippen LogP contribution in [0.3, 0.4) is 0 Å². The van der Waals surface area contributed by atoms with Crippen LogP contribution >= 0.6 is 0 Å². The van der Waals surface area contributed by atoms with Crippen molar-refractivity contribution in [3.05, 3.63) is 143 Å². The Bertz CT molecular complexity index is 2280. The summed E-state index contributed by atoms with van der Waals surface area (Å²) in [7, 11) is 3.38. The van der Waals surface area contributed by atoms with Crippen LogP contribution in [0.15, 0.2) is 110 Å². The summed E-state index contributed by atoms with van der Waals surface area (Å²) >= 11 is 0. The standard InChI is InChI=1S/2C20H27N3O2.3C4H4O4/c2*1-4-23(5-2)12-11-22-20-16-7-6-10-21-18(16)14-25-19-9-8-15(24-3)13-17(19)20;3*5-3(6)1-2-4(7)8/h2*6-10,13,20,22H,4-5,11-12,14H2,1-3H3;3*1-2H,(H,5,6)(H,7,8)/b;;3*2-1+. The Labute approximate surface area is 429 Å². The molecule has 0 aliphatic carbocycles. The van der Waals surface area contributed by atoms with E-state index in [0.717, 1.165) is 97.9 Å². The SMILES string of the molecule is CCN(CC)CCNC1c2cc(OC)ccc2OCc2ncccc21.CCN(CC)CCNC1c2cc(OC)ccc2OCc2ncccc21.O=C(O)/C=C/C(=O)O.O=C(O)/C=C/C(=O)O.O=C(O)/C=C/C(=O)O. The van der Waals surface area contributed by atoms with Crippen molar-refractivity contribution >= 4 is 35.8 Å². The van der Waals surface area contributed by atoms with Crippen LogP contribution in [-0.2, 0) is 42.0 Å². The summed E-state index contributed by atoms with van der Waals surface area (Å²) in [6.07, 6.45) is 7.00. The highest BCUT2D eigenvalue weighted by atomic mass is 16.5. The van der Waals surface area contributed by atoms with Gasteiger partial charge in [-0.2, -0.15) is 0 Å². The van der Waals surface area contributed by atoms with Crippen molar-refractivity contribution < 1.29 is 78.4 Å². The summed E-state index contributed by atoms with van der Waals surface area (Å²) < 4.78 is 22.9. The molecule has 22 heteroatoms. The summed E-state index contributed by atoms with van der Waals surface area (Å²) in [5, 5.41) is 54.3. The Morgan fingerprint density at radius 3 is 1.11 bits per heavy atom. The molecule has 2 aliphatic rings. The van der Waals surface area contributed by atoms with E-state index in [9.17, 15) is 28.8 Å². The number of aliphatic carboxylic acids is 6. The molecule has 2 unspecified atom stereocenters. The van der Waals surface area contributed by atoms with Crippen LogP contribution in [0.4, 0.5) is 0 Å². The third-order valence-electron chi connectivity index (χ3n) is 10.7. The minimum Gasteiger partial charge on any atom is -0.497 e. The van der Waals surface area contributed by atoms with Crippen LogP contribution in [-0.4, -0.2) is 153 Å². The van der Waals surface area contributed by atoms with Crippen molar-refractivity contribution in [2.75, 3.05) is 66.6 Å². The predicted molar refractivity (Wildman–Crippen MR) is 272 cm³/mol. The van der Waals surface area contributed by atoms with E-state index in [1.165, 1.54) is 11.1 Å². The molecule has 4 aromatic rings. The molecular weight excluding hydrogens is 965 g/mol. The smallest absolute Gasteiger partial charge is 0.328 e. The number of hydrogen-bond donors (Lipinski definition) is 8. The first-order chi connectivity index (χ1) is 35.4. The molecule has 22 nitrogen and oxygen atoms in total. The summed E-state index contributed by atoms with van der Waals surface area (Å²) in [4.78, 5) is 71.2. The van der Waals surface area contributed by atoms with Gasteiger partial charge in [-0.05, 0) is 85.8 Å². The maximum absolute atomic E-state index is 9.55. The van der Waals surface area contributed by atoms with Gasteiger partial charge in [0.1, 0.15) is 36.2 Å². The molecule has 2 aliphatic heterocycles. The maximum atomic E-state index is 9.55. The quantitative estimate of drug-likeness (QED) is 0.0531. The molecule has 8 N–H and O–H groups in total. The van der Waals surface area contributed by atoms with E-state index in [1.807, 2.05) is 48.8 Å². The number of carboxylic acids is 6. The normalized spacial score (nSPS) is 13.8. The number of carbonyl (C=O) groups is 6. The number of nitrogens with zero attached hydrogens (tertiary/aromatic N) is 4. The van der Waals surface area contributed by atoms with Crippen LogP contribution in [0.5, 0.6) is 23.0 Å². The number of rotatable bonds is 20. The van der Waals surface area contributed by atoms with Gasteiger partial charge < -0.3 is 70.0 Å². The fourth-order valence-electron chi connectivity index (χ4n) is 7.00. The van der Waals surface area contributed by atoms with Gasteiger partial charge in [0, 0.05) is 86.2 Å². The monoisotopic (exact) mass is 1030 g/mol. The van der Waals surface area contributed by atoms with Gasteiger partial charge in [-0.15, -0.1) is 0 Å². The van der Waals surface area contributed by atoms with Crippen molar-refractivity contribution in [1.29, 1.82) is 0 Å². The van der Waals surface area contributed by atoms with Crippen molar-refractivity contribution in [1.82, 2.24) is 30.4 Å². The summed E-state index contributed by atoms with van der Waals surface area (Å²) in [6.45, 7) is 17.8. The molecule has 4 heterocycles. The second-order valence-corrected chi connectivity index (χ2v) is 15.3. The molecular formula is C52H66N6O16. The number of benzene rings is 2. The fourth-order valence-corrected chi connectivity index (χ4v) is 7.00. The van der Waals surface area contributed by atoms with E-state index in [-0.39, 0.29) is 12.1 Å². The molecule has 0 spiro atoms. The van der Waals surface area contributed by atoms with Crippen molar-refractivity contribution in [3.63, 3.8) is 0 Å². The van der Waals surface area contributed by atoms with E-state index in [2.05, 4.69) is 82.4 Å². The Hall–Kier alpha value is -8.18. The lowest BCUT2D eigenvalue weighted by molar-refractivity contribution is -0.134. The van der Waals surface area contributed by atoms with Gasteiger partial charge in [0.25, 0.3) is 0 Å². The summed E-state index contributed by atoms with van der Waals surface area (Å²) in [6, 6.07) is 20.3. The van der Waals surface area contributed by atoms with Gasteiger partial charge in [-0.1, -0.05) is 39.8 Å². The van der Waals surface area contributed by atoms with Crippen LogP contribution in [0, 0.1) is 0 Å². The molecule has 2 aromatic carbocycles. The number of pyridine rings is 2. The number of methoxy groups -OCH3 is 2. The molecule has 6 rings (SSSR count). The molecule has 2 aromatic heterocycles. The van der Waals surface area contributed by atoms with Gasteiger partial charge in [0.15, 0.2) is 0 Å². The summed E-state index contributed by atoms with van der Waals surface area (Å²) in [5.41, 5.74) is 6.52. The van der Waals surface area contributed by atoms with E-state index >= 15 is 0 Å². The number of hydrogen-bond acceptors (Lipinski definition) is 16. The molecule has 400 valence electrons. The third-order valence-corrected chi connectivity index (χ3v) is 10.7. The van der Waals surface area contributed by atoms with E-state index in [1.54, 1.807) is 14.2 Å². The highest BCUT2D eigenvalue weighted by Crippen LogP contribution is 2.38. The van der Waals surface area contributed by atoms with Crippen LogP contribution < -0.4 is 29.6 Å². The fraction of sp³-hybridized carbons (Fsp3) is 0.346. The first-order valence-corrected chi connectivity index (χ1v) is 23.2. The molecule has 0 bridgehead atoms. The van der Waals surface area contributed by atoms with E-state index in [4.69, 9.17) is 49.6 Å². The van der Waals surface area contributed by atoms with Crippen molar-refractivity contribution in [3.8, 4) is 23.0 Å². The Morgan fingerprint density at radius 2 is 0.838 bits per heavy atom. The van der Waals surface area contributed by atoms with Gasteiger partial charge >= 0.3 is 35.8 Å². The molecule has 0 saturated heterocycles. The number of aromatic nitrogens is 2. The minimum absolute atomic E-state index is 0.0480. The van der Waals surface area contributed by atoms with Crippen molar-refractivity contribution in [2.24, 2.45) is 0 Å². The van der Waals surface area contributed by atoms with Gasteiger partial charge in [0.05, 0.1) is 37.7 Å². The average molecular weight is 1030 g/mol. The first kappa shape index (κ1) is 61.9. The van der Waals surface area contributed by atoms with Gasteiger partial charge in [-0.25, -0.2) is 28.8 Å². The molecule has 0 fully saturated rings. The van der Waals surface area contributed by atoms with Gasteiger partial charge in [-0.3, -0.25) is 9.97 Å². The van der Waals surface area contributed by atoms with Crippen molar-refractivity contribution in [2.45, 2.75) is 53.0 Å². The second kappa shape index (κ2) is 34.2. The zero-order chi connectivity index (χ0) is 55.0. The van der Waals surface area contributed by atoms with Crippen LogP contribution in [0.2, 0.25) is 0 Å². The lowest BCUT2D eigenvalue weighted by Crippen LogP contribution is -2.34. The third kappa shape index (κ3) is 22.9. The Morgan fingerprint density at radius 1 is 0.527 bits per heavy atom. The predicted octanol–water partition coefficient (Wildman–Crippen LogP) is 5.14. The van der Waals surface area contributed by atoms with E-state index < -0.39 is 35.8 Å². The summed E-state index contributed by atoms with van der Waals surface area (Å²) in [5.74, 6) is -4.09. The maximum Gasteiger partial charge on any atom is 0.328 e. The Kier molecular flexibility index (Phi) is 28.7.